The zero-order valence-corrected chi connectivity index (χ0v) is 12.9. The van der Waals surface area contributed by atoms with Gasteiger partial charge in [-0.15, -0.1) is 0 Å². The number of benzene rings is 1. The molecule has 2 aromatic rings. The zero-order valence-electron chi connectivity index (χ0n) is 12.1. The van der Waals surface area contributed by atoms with Crippen LogP contribution >= 0.6 is 11.6 Å². The van der Waals surface area contributed by atoms with Gasteiger partial charge < -0.3 is 9.47 Å². The van der Waals surface area contributed by atoms with Gasteiger partial charge in [0.2, 0.25) is 0 Å². The normalized spacial score (nSPS) is 21.6. The van der Waals surface area contributed by atoms with Crippen molar-refractivity contribution in [2.75, 3.05) is 6.61 Å². The van der Waals surface area contributed by atoms with Crippen LogP contribution < -0.4 is 0 Å². The van der Waals surface area contributed by atoms with Gasteiger partial charge in [0.1, 0.15) is 0 Å². The first-order valence-corrected chi connectivity index (χ1v) is 7.32. The molecule has 23 heavy (non-hydrogen) atoms. The number of alkyl halides is 3. The number of aromatic nitrogens is 1. The fourth-order valence-corrected chi connectivity index (χ4v) is 2.50. The van der Waals surface area contributed by atoms with Crippen LogP contribution in [-0.4, -0.2) is 17.7 Å². The minimum atomic E-state index is -4.40. The van der Waals surface area contributed by atoms with E-state index in [4.69, 9.17) is 21.1 Å². The Bertz CT molecular complexity index is 703. The highest BCUT2D eigenvalue weighted by atomic mass is 35.5. The number of ether oxygens (including phenoxy) is 2. The molecular formula is C16H13ClF3NO2. The molecule has 3 nitrogen and oxygen atoms in total. The Morgan fingerprint density at radius 2 is 2.00 bits per heavy atom. The predicted molar refractivity (Wildman–Crippen MR) is 78.9 cm³/mol. The largest absolute Gasteiger partial charge is 0.417 e. The van der Waals surface area contributed by atoms with E-state index in [0.29, 0.717) is 28.5 Å². The molecule has 1 fully saturated rings. The van der Waals surface area contributed by atoms with E-state index in [1.807, 2.05) is 6.92 Å². The first-order valence-electron chi connectivity index (χ1n) is 6.95. The molecule has 0 bridgehead atoms. The van der Waals surface area contributed by atoms with Crippen molar-refractivity contribution in [3.05, 3.63) is 52.7 Å². The maximum atomic E-state index is 12.6. The monoisotopic (exact) mass is 343 g/mol. The highest BCUT2D eigenvalue weighted by Gasteiger charge is 2.31. The summed E-state index contributed by atoms with van der Waals surface area (Å²) in [5.74, 6) is 0. The Labute approximate surface area is 136 Å². The quantitative estimate of drug-likeness (QED) is 0.780. The van der Waals surface area contributed by atoms with Crippen LogP contribution in [0.3, 0.4) is 0 Å². The number of hydrogen-bond acceptors (Lipinski definition) is 3. The molecule has 0 amide bonds. The van der Waals surface area contributed by atoms with Gasteiger partial charge in [0.05, 0.1) is 24.0 Å². The maximum Gasteiger partial charge on any atom is 0.417 e. The lowest BCUT2D eigenvalue weighted by molar-refractivity contribution is -0.137. The summed E-state index contributed by atoms with van der Waals surface area (Å²) in [6.07, 6.45) is -4.21. The van der Waals surface area contributed by atoms with Gasteiger partial charge in [-0.05, 0) is 31.2 Å². The van der Waals surface area contributed by atoms with Gasteiger partial charge in [-0.25, -0.2) is 0 Å². The van der Waals surface area contributed by atoms with Crippen LogP contribution in [0.15, 0.2) is 36.5 Å². The molecule has 0 radical (unpaired) electrons. The van der Waals surface area contributed by atoms with Crippen molar-refractivity contribution in [1.29, 1.82) is 0 Å². The van der Waals surface area contributed by atoms with E-state index in [1.54, 1.807) is 18.2 Å². The Hall–Kier alpha value is -1.63. The third-order valence-electron chi connectivity index (χ3n) is 3.47. The van der Waals surface area contributed by atoms with Gasteiger partial charge in [-0.3, -0.25) is 4.98 Å². The number of hydrogen-bond donors (Lipinski definition) is 0. The molecule has 1 aromatic heterocycles. The molecule has 0 spiro atoms. The summed E-state index contributed by atoms with van der Waals surface area (Å²) in [5.41, 5.74) is 0.911. The number of rotatable bonds is 2. The molecule has 1 aromatic carbocycles. The first-order chi connectivity index (χ1) is 10.8. The standard InChI is InChI=1S/C16H13ClF3NO2/c1-9-8-22-15(23-9)12-6-10(2-4-13(12)17)14-5-3-11(7-21-14)16(18,19)20/h2-7,9,15H,8H2,1H3. The average Bonchev–Trinajstić information content (AvgIpc) is 2.93. The molecular weight excluding hydrogens is 331 g/mol. The maximum absolute atomic E-state index is 12.6. The van der Waals surface area contributed by atoms with Gasteiger partial charge in [0.15, 0.2) is 6.29 Å². The summed E-state index contributed by atoms with van der Waals surface area (Å²) < 4.78 is 48.9. The minimum absolute atomic E-state index is 0.0380. The lowest BCUT2D eigenvalue weighted by atomic mass is 10.1. The summed E-state index contributed by atoms with van der Waals surface area (Å²) >= 11 is 6.17. The van der Waals surface area contributed by atoms with Crippen LogP contribution in [0.1, 0.15) is 24.3 Å². The lowest BCUT2D eigenvalue weighted by Gasteiger charge is -2.14. The topological polar surface area (TPSA) is 31.4 Å². The molecule has 0 aliphatic carbocycles. The van der Waals surface area contributed by atoms with E-state index >= 15 is 0 Å². The third kappa shape index (κ3) is 3.49. The molecule has 0 saturated carbocycles. The highest BCUT2D eigenvalue weighted by molar-refractivity contribution is 6.31. The van der Waals surface area contributed by atoms with Gasteiger partial charge >= 0.3 is 6.18 Å². The predicted octanol–water partition coefficient (Wildman–Crippen LogP) is 4.85. The summed E-state index contributed by atoms with van der Waals surface area (Å²) in [5, 5.41) is 0.472. The molecule has 2 unspecified atom stereocenters. The second-order valence-electron chi connectivity index (χ2n) is 5.28. The Morgan fingerprint density at radius 3 is 2.57 bits per heavy atom. The van der Waals surface area contributed by atoms with E-state index < -0.39 is 18.0 Å². The second kappa shape index (κ2) is 6.11. The van der Waals surface area contributed by atoms with Gasteiger partial charge in [-0.1, -0.05) is 17.7 Å². The van der Waals surface area contributed by atoms with Crippen molar-refractivity contribution in [2.24, 2.45) is 0 Å². The summed E-state index contributed by atoms with van der Waals surface area (Å²) in [4.78, 5) is 3.88. The Balaban J connectivity index is 1.91. The number of halogens is 4. The third-order valence-corrected chi connectivity index (χ3v) is 3.82. The first kappa shape index (κ1) is 16.2. The van der Waals surface area contributed by atoms with Crippen LogP contribution in [-0.2, 0) is 15.7 Å². The van der Waals surface area contributed by atoms with E-state index in [2.05, 4.69) is 4.98 Å². The molecule has 1 aliphatic rings. The van der Waals surface area contributed by atoms with Crippen molar-refractivity contribution in [3.63, 3.8) is 0 Å². The minimum Gasteiger partial charge on any atom is -0.346 e. The van der Waals surface area contributed by atoms with Crippen molar-refractivity contribution in [1.82, 2.24) is 4.98 Å². The summed E-state index contributed by atoms with van der Waals surface area (Å²) in [6.45, 7) is 2.35. The molecule has 1 aliphatic heterocycles. The van der Waals surface area contributed by atoms with Gasteiger partial charge in [0, 0.05) is 22.3 Å². The fourth-order valence-electron chi connectivity index (χ4n) is 2.29. The van der Waals surface area contributed by atoms with Gasteiger partial charge in [-0.2, -0.15) is 13.2 Å². The van der Waals surface area contributed by atoms with E-state index in [1.165, 1.54) is 6.07 Å². The van der Waals surface area contributed by atoms with E-state index in [0.717, 1.165) is 12.3 Å². The van der Waals surface area contributed by atoms with Crippen LogP contribution in [0, 0.1) is 0 Å². The second-order valence-corrected chi connectivity index (χ2v) is 5.69. The zero-order chi connectivity index (χ0) is 16.6. The number of pyridine rings is 1. The van der Waals surface area contributed by atoms with Gasteiger partial charge in [0.25, 0.3) is 0 Å². The van der Waals surface area contributed by atoms with Crippen molar-refractivity contribution < 1.29 is 22.6 Å². The molecule has 2 atom stereocenters. The van der Waals surface area contributed by atoms with Crippen molar-refractivity contribution >= 4 is 11.6 Å². The average molecular weight is 344 g/mol. The lowest BCUT2D eigenvalue weighted by Crippen LogP contribution is -2.05. The molecule has 122 valence electrons. The van der Waals surface area contributed by atoms with Crippen molar-refractivity contribution in [2.45, 2.75) is 25.5 Å². The SMILES string of the molecule is CC1COC(c2cc(-c3ccc(C(F)(F)F)cn3)ccc2Cl)O1. The number of nitrogens with zero attached hydrogens (tertiary/aromatic N) is 1. The molecule has 3 rings (SSSR count). The highest BCUT2D eigenvalue weighted by Crippen LogP contribution is 2.35. The molecule has 0 N–H and O–H groups in total. The Morgan fingerprint density at radius 1 is 1.22 bits per heavy atom. The smallest absolute Gasteiger partial charge is 0.346 e. The van der Waals surface area contributed by atoms with E-state index in [9.17, 15) is 13.2 Å². The van der Waals surface area contributed by atoms with E-state index in [-0.39, 0.29) is 6.10 Å². The molecule has 2 heterocycles. The van der Waals surface area contributed by atoms with Crippen LogP contribution in [0.5, 0.6) is 0 Å². The fraction of sp³-hybridized carbons (Fsp3) is 0.312. The van der Waals surface area contributed by atoms with Crippen LogP contribution in [0.2, 0.25) is 5.02 Å². The molecule has 1 saturated heterocycles. The summed E-state index contributed by atoms with van der Waals surface area (Å²) in [7, 11) is 0. The molecule has 7 heteroatoms. The van der Waals surface area contributed by atoms with Crippen molar-refractivity contribution in [3.8, 4) is 11.3 Å². The van der Waals surface area contributed by atoms with Crippen LogP contribution in [0.4, 0.5) is 13.2 Å². The summed E-state index contributed by atoms with van der Waals surface area (Å²) in [6, 6.07) is 7.40. The Kier molecular flexibility index (Phi) is 4.31. The van der Waals surface area contributed by atoms with Crippen LogP contribution in [0.25, 0.3) is 11.3 Å².